The zero-order valence-electron chi connectivity index (χ0n) is 14.5. The number of carbonyl (C=O) groups excluding carboxylic acids is 1. The van der Waals surface area contributed by atoms with E-state index in [-0.39, 0.29) is 0 Å². The van der Waals surface area contributed by atoms with Gasteiger partial charge in [-0.1, -0.05) is 42.5 Å². The normalized spacial score (nSPS) is 11.0. The highest BCUT2D eigenvalue weighted by atomic mass is 16.1. The molecule has 0 N–H and O–H groups in total. The second-order valence-corrected chi connectivity index (χ2v) is 6.03. The maximum atomic E-state index is 11.8. The predicted octanol–water partition coefficient (Wildman–Crippen LogP) is 3.88. The first-order valence-electron chi connectivity index (χ1n) is 8.01. The molecule has 3 aromatic rings. The number of hydrogen-bond donors (Lipinski definition) is 0. The van der Waals surface area contributed by atoms with Crippen molar-refractivity contribution in [2.45, 2.75) is 6.92 Å². The Bertz CT molecular complexity index is 911. The molecule has 3 rings (SSSR count). The van der Waals surface area contributed by atoms with Gasteiger partial charge in [0, 0.05) is 19.7 Å². The summed E-state index contributed by atoms with van der Waals surface area (Å²) in [5.74, 6) is 0.521. The van der Waals surface area contributed by atoms with Crippen molar-refractivity contribution in [2.75, 3.05) is 14.1 Å². The Balaban J connectivity index is 2.26. The van der Waals surface area contributed by atoms with E-state index in [9.17, 15) is 4.79 Å². The Hall–Kier alpha value is -3.21. The van der Waals surface area contributed by atoms with Gasteiger partial charge in [0.15, 0.2) is 12.1 Å². The monoisotopic (exact) mass is 332 g/mol. The number of nitrogens with zero attached hydrogens (tertiary/aromatic N) is 4. The second kappa shape index (κ2) is 7.13. The number of carbonyl (C=O) groups is 1. The average Bonchev–Trinajstić information content (AvgIpc) is 2.99. The number of aliphatic imine (C=N–C) groups is 1. The molecule has 5 heteroatoms. The maximum Gasteiger partial charge on any atom is 0.168 e. The van der Waals surface area contributed by atoms with E-state index in [1.807, 2.05) is 80.5 Å². The first-order chi connectivity index (χ1) is 12.1. The number of aldehydes is 1. The highest BCUT2D eigenvalue weighted by Gasteiger charge is 2.19. The Morgan fingerprint density at radius 2 is 1.84 bits per heavy atom. The number of rotatable bonds is 5. The highest BCUT2D eigenvalue weighted by molar-refractivity contribution is 5.92. The zero-order valence-corrected chi connectivity index (χ0v) is 14.5. The summed E-state index contributed by atoms with van der Waals surface area (Å²) in [5.41, 5.74) is 3.98. The molecule has 25 heavy (non-hydrogen) atoms. The molecule has 0 amide bonds. The van der Waals surface area contributed by atoms with Gasteiger partial charge in [-0.15, -0.1) is 0 Å². The van der Waals surface area contributed by atoms with Crippen LogP contribution < -0.4 is 0 Å². The van der Waals surface area contributed by atoms with E-state index in [1.165, 1.54) is 0 Å². The van der Waals surface area contributed by atoms with Gasteiger partial charge in [-0.2, -0.15) is 5.10 Å². The zero-order chi connectivity index (χ0) is 17.8. The molecule has 0 aliphatic carbocycles. The Kier molecular flexibility index (Phi) is 4.75. The smallest absolute Gasteiger partial charge is 0.168 e. The van der Waals surface area contributed by atoms with Crippen LogP contribution in [0, 0.1) is 6.92 Å². The van der Waals surface area contributed by atoms with Crippen LogP contribution in [-0.2, 0) is 0 Å². The lowest BCUT2D eigenvalue weighted by molar-refractivity contribution is 0.112. The summed E-state index contributed by atoms with van der Waals surface area (Å²) in [6.45, 7) is 2.02. The molecule has 0 saturated carbocycles. The number of hydrogen-bond acceptors (Lipinski definition) is 3. The lowest BCUT2D eigenvalue weighted by Crippen LogP contribution is -2.08. The molecule has 0 aliphatic rings. The van der Waals surface area contributed by atoms with Crippen LogP contribution in [0.2, 0.25) is 0 Å². The summed E-state index contributed by atoms with van der Waals surface area (Å²) in [7, 11) is 3.77. The van der Waals surface area contributed by atoms with Crippen molar-refractivity contribution in [3.63, 3.8) is 0 Å². The van der Waals surface area contributed by atoms with Gasteiger partial charge in [-0.3, -0.25) is 4.79 Å². The lowest BCUT2D eigenvalue weighted by atomic mass is 10.1. The van der Waals surface area contributed by atoms with Crippen molar-refractivity contribution in [1.29, 1.82) is 0 Å². The molecule has 1 heterocycles. The standard InChI is InChI=1S/C20H20N4O/c1-15-8-7-11-17(12-15)24-20(21-14-23(2)3)18(13-25)19(22-24)16-9-5-4-6-10-16/h4-14H,1-3H3. The minimum atomic E-state index is 0.478. The quantitative estimate of drug-likeness (QED) is 0.405. The molecule has 0 aliphatic heterocycles. The van der Waals surface area contributed by atoms with Crippen LogP contribution in [0.15, 0.2) is 59.6 Å². The van der Waals surface area contributed by atoms with Crippen LogP contribution in [0.25, 0.3) is 16.9 Å². The van der Waals surface area contributed by atoms with Crippen LogP contribution in [0.1, 0.15) is 15.9 Å². The average molecular weight is 332 g/mol. The van der Waals surface area contributed by atoms with Crippen molar-refractivity contribution in [2.24, 2.45) is 4.99 Å². The van der Waals surface area contributed by atoms with Crippen LogP contribution in [0.3, 0.4) is 0 Å². The molecular weight excluding hydrogens is 312 g/mol. The fourth-order valence-electron chi connectivity index (χ4n) is 2.57. The summed E-state index contributed by atoms with van der Waals surface area (Å²) in [5, 5.41) is 4.69. The SMILES string of the molecule is Cc1cccc(-n2nc(-c3ccccc3)c(C=O)c2N=CN(C)C)c1. The van der Waals surface area contributed by atoms with Crippen LogP contribution >= 0.6 is 0 Å². The van der Waals surface area contributed by atoms with Gasteiger partial charge in [0.2, 0.25) is 0 Å². The van der Waals surface area contributed by atoms with Gasteiger partial charge in [0.25, 0.3) is 0 Å². The molecule has 126 valence electrons. The maximum absolute atomic E-state index is 11.8. The first kappa shape index (κ1) is 16.6. The molecular formula is C20H20N4O. The third-order valence-corrected chi connectivity index (χ3v) is 3.72. The second-order valence-electron chi connectivity index (χ2n) is 6.03. The van der Waals surface area contributed by atoms with Gasteiger partial charge in [-0.05, 0) is 24.6 Å². The van der Waals surface area contributed by atoms with Crippen molar-refractivity contribution >= 4 is 18.4 Å². The molecule has 0 saturated heterocycles. The Morgan fingerprint density at radius 3 is 2.48 bits per heavy atom. The van der Waals surface area contributed by atoms with E-state index in [4.69, 9.17) is 5.10 Å². The molecule has 2 aromatic carbocycles. The highest BCUT2D eigenvalue weighted by Crippen LogP contribution is 2.31. The summed E-state index contributed by atoms with van der Waals surface area (Å²) in [6.07, 6.45) is 2.50. The number of aryl methyl sites for hydroxylation is 1. The molecule has 0 bridgehead atoms. The van der Waals surface area contributed by atoms with Crippen molar-refractivity contribution in [1.82, 2.24) is 14.7 Å². The van der Waals surface area contributed by atoms with Crippen LogP contribution in [0.4, 0.5) is 5.82 Å². The lowest BCUT2D eigenvalue weighted by Gasteiger charge is -2.07. The van der Waals surface area contributed by atoms with Crippen molar-refractivity contribution < 1.29 is 4.79 Å². The van der Waals surface area contributed by atoms with Gasteiger partial charge >= 0.3 is 0 Å². The van der Waals surface area contributed by atoms with E-state index < -0.39 is 0 Å². The topological polar surface area (TPSA) is 50.5 Å². The summed E-state index contributed by atoms with van der Waals surface area (Å²) < 4.78 is 1.72. The van der Waals surface area contributed by atoms with Gasteiger partial charge in [0.05, 0.1) is 17.6 Å². The molecule has 0 fully saturated rings. The summed E-state index contributed by atoms with van der Waals surface area (Å²) >= 11 is 0. The van der Waals surface area contributed by atoms with Gasteiger partial charge in [0.1, 0.15) is 5.69 Å². The fraction of sp³-hybridized carbons (Fsp3) is 0.150. The molecule has 0 radical (unpaired) electrons. The van der Waals surface area contributed by atoms with Crippen LogP contribution in [0.5, 0.6) is 0 Å². The Morgan fingerprint density at radius 1 is 1.08 bits per heavy atom. The Labute approximate surface area is 147 Å². The minimum Gasteiger partial charge on any atom is -0.369 e. The van der Waals surface area contributed by atoms with Gasteiger partial charge < -0.3 is 4.90 Å². The van der Waals surface area contributed by atoms with Crippen LogP contribution in [-0.4, -0.2) is 41.4 Å². The van der Waals surface area contributed by atoms with E-state index in [0.29, 0.717) is 17.1 Å². The molecule has 0 spiro atoms. The fourth-order valence-corrected chi connectivity index (χ4v) is 2.57. The van der Waals surface area contributed by atoms with E-state index in [1.54, 1.807) is 11.0 Å². The molecule has 0 unspecified atom stereocenters. The first-order valence-corrected chi connectivity index (χ1v) is 8.01. The summed E-state index contributed by atoms with van der Waals surface area (Å²) in [4.78, 5) is 18.2. The number of benzene rings is 2. The van der Waals surface area contributed by atoms with E-state index >= 15 is 0 Å². The molecule has 0 atom stereocenters. The number of aromatic nitrogens is 2. The van der Waals surface area contributed by atoms with Gasteiger partial charge in [-0.25, -0.2) is 9.67 Å². The predicted molar refractivity (Wildman–Crippen MR) is 101 cm³/mol. The van der Waals surface area contributed by atoms with E-state index in [2.05, 4.69) is 4.99 Å². The summed E-state index contributed by atoms with van der Waals surface area (Å²) in [6, 6.07) is 17.6. The van der Waals surface area contributed by atoms with Crippen molar-refractivity contribution in [3.05, 3.63) is 65.7 Å². The molecule has 1 aromatic heterocycles. The third-order valence-electron chi connectivity index (χ3n) is 3.72. The molecule has 5 nitrogen and oxygen atoms in total. The van der Waals surface area contributed by atoms with Crippen molar-refractivity contribution in [3.8, 4) is 16.9 Å². The van der Waals surface area contributed by atoms with E-state index in [0.717, 1.165) is 23.1 Å². The minimum absolute atomic E-state index is 0.478. The third kappa shape index (κ3) is 3.50. The largest absolute Gasteiger partial charge is 0.369 e.